The molecule has 0 unspecified atom stereocenters. The Hall–Kier alpha value is -2.54. The molecule has 2 amide bonds. The van der Waals surface area contributed by atoms with Crippen molar-refractivity contribution in [2.75, 3.05) is 16.4 Å². The quantitative estimate of drug-likeness (QED) is 0.637. The van der Waals surface area contributed by atoms with E-state index in [9.17, 15) is 9.59 Å². The van der Waals surface area contributed by atoms with Crippen LogP contribution < -0.4 is 16.4 Å². The first-order chi connectivity index (χ1) is 9.95. The average molecular weight is 350 g/mol. The molecule has 21 heavy (non-hydrogen) atoms. The number of aromatic carboxylic acids is 1. The lowest BCUT2D eigenvalue weighted by molar-refractivity contribution is 0.0697. The summed E-state index contributed by atoms with van der Waals surface area (Å²) in [6, 6.07) is 10.7. The molecule has 108 valence electrons. The number of urea groups is 1. The van der Waals surface area contributed by atoms with Crippen molar-refractivity contribution in [1.82, 2.24) is 0 Å². The zero-order valence-electron chi connectivity index (χ0n) is 10.8. The Kier molecular flexibility index (Phi) is 4.44. The van der Waals surface area contributed by atoms with E-state index < -0.39 is 12.0 Å². The van der Waals surface area contributed by atoms with E-state index in [0.717, 1.165) is 0 Å². The summed E-state index contributed by atoms with van der Waals surface area (Å²) in [6.45, 7) is 0. The fraction of sp³-hybridized carbons (Fsp3) is 0. The number of halogens is 1. The maximum atomic E-state index is 11.9. The molecule has 2 rings (SSSR count). The van der Waals surface area contributed by atoms with Crippen molar-refractivity contribution >= 4 is 45.0 Å². The van der Waals surface area contributed by atoms with Gasteiger partial charge in [-0.1, -0.05) is 28.1 Å². The molecule has 0 atom stereocenters. The Morgan fingerprint density at radius 3 is 2.48 bits per heavy atom. The molecule has 0 aromatic heterocycles. The lowest BCUT2D eigenvalue weighted by Crippen LogP contribution is -2.20. The second kappa shape index (κ2) is 6.27. The first kappa shape index (κ1) is 14.9. The summed E-state index contributed by atoms with van der Waals surface area (Å²) in [6.07, 6.45) is 0. The first-order valence-electron chi connectivity index (χ1n) is 5.92. The van der Waals surface area contributed by atoms with Gasteiger partial charge in [0.25, 0.3) is 0 Å². The number of hydrogen-bond acceptors (Lipinski definition) is 3. The van der Waals surface area contributed by atoms with E-state index in [1.807, 2.05) is 0 Å². The van der Waals surface area contributed by atoms with Crippen LogP contribution in [-0.4, -0.2) is 17.1 Å². The highest BCUT2D eigenvalue weighted by atomic mass is 79.9. The summed E-state index contributed by atoms with van der Waals surface area (Å²) in [5.41, 5.74) is 7.06. The Balaban J connectivity index is 2.13. The van der Waals surface area contributed by atoms with Crippen LogP contribution >= 0.6 is 15.9 Å². The number of nitrogens with two attached hydrogens (primary N) is 1. The summed E-state index contributed by atoms with van der Waals surface area (Å²) in [7, 11) is 0. The van der Waals surface area contributed by atoms with Crippen molar-refractivity contribution in [3.63, 3.8) is 0 Å². The average Bonchev–Trinajstić information content (AvgIpc) is 2.40. The van der Waals surface area contributed by atoms with Gasteiger partial charge in [0.2, 0.25) is 0 Å². The van der Waals surface area contributed by atoms with Crippen molar-refractivity contribution in [1.29, 1.82) is 0 Å². The standard InChI is InChI=1S/C14H12BrN3O3/c15-9-5-8(13(19)20)6-10(7-9)17-14(21)18-12-4-2-1-3-11(12)16/h1-7H,16H2,(H,19,20)(H2,17,18,21). The van der Waals surface area contributed by atoms with Gasteiger partial charge in [-0.25, -0.2) is 9.59 Å². The van der Waals surface area contributed by atoms with Crippen LogP contribution in [0.4, 0.5) is 21.9 Å². The summed E-state index contributed by atoms with van der Waals surface area (Å²) in [5.74, 6) is -1.08. The number of carbonyl (C=O) groups excluding carboxylic acids is 1. The van der Waals surface area contributed by atoms with Gasteiger partial charge in [0.1, 0.15) is 0 Å². The first-order valence-corrected chi connectivity index (χ1v) is 6.71. The van der Waals surface area contributed by atoms with Gasteiger partial charge < -0.3 is 21.5 Å². The van der Waals surface area contributed by atoms with Crippen molar-refractivity contribution < 1.29 is 14.7 Å². The smallest absolute Gasteiger partial charge is 0.335 e. The van der Waals surface area contributed by atoms with Crippen LogP contribution in [0.1, 0.15) is 10.4 Å². The lowest BCUT2D eigenvalue weighted by Gasteiger charge is -2.10. The molecular weight excluding hydrogens is 338 g/mol. The molecule has 7 heteroatoms. The number of hydrogen-bond donors (Lipinski definition) is 4. The van der Waals surface area contributed by atoms with E-state index in [4.69, 9.17) is 10.8 Å². The van der Waals surface area contributed by atoms with Crippen LogP contribution in [0, 0.1) is 0 Å². The fourth-order valence-electron chi connectivity index (χ4n) is 1.68. The normalized spacial score (nSPS) is 9.95. The highest BCUT2D eigenvalue weighted by Crippen LogP contribution is 2.21. The van der Waals surface area contributed by atoms with Crippen LogP contribution in [0.25, 0.3) is 0 Å². The highest BCUT2D eigenvalue weighted by Gasteiger charge is 2.09. The van der Waals surface area contributed by atoms with Crippen LogP contribution in [0.5, 0.6) is 0 Å². The highest BCUT2D eigenvalue weighted by molar-refractivity contribution is 9.10. The van der Waals surface area contributed by atoms with Crippen LogP contribution in [-0.2, 0) is 0 Å². The molecule has 0 fully saturated rings. The predicted molar refractivity (Wildman–Crippen MR) is 84.6 cm³/mol. The second-order valence-electron chi connectivity index (χ2n) is 4.20. The molecule has 6 nitrogen and oxygen atoms in total. The largest absolute Gasteiger partial charge is 0.478 e. The molecule has 5 N–H and O–H groups in total. The molecule has 0 aliphatic heterocycles. The van der Waals surface area contributed by atoms with Crippen LogP contribution in [0.3, 0.4) is 0 Å². The van der Waals surface area contributed by atoms with Crippen LogP contribution in [0.15, 0.2) is 46.9 Å². The Labute approximate surface area is 129 Å². The molecule has 0 saturated carbocycles. The summed E-state index contributed by atoms with van der Waals surface area (Å²) < 4.78 is 0.553. The van der Waals surface area contributed by atoms with E-state index in [2.05, 4.69) is 26.6 Å². The molecule has 0 bridgehead atoms. The van der Waals surface area contributed by atoms with E-state index in [1.54, 1.807) is 30.3 Å². The molecule has 2 aromatic rings. The molecule has 0 aliphatic rings. The van der Waals surface area contributed by atoms with Gasteiger partial charge in [-0.3, -0.25) is 0 Å². The van der Waals surface area contributed by atoms with Gasteiger partial charge in [-0.15, -0.1) is 0 Å². The monoisotopic (exact) mass is 349 g/mol. The molecule has 2 aromatic carbocycles. The van der Waals surface area contributed by atoms with Crippen LogP contribution in [0.2, 0.25) is 0 Å². The SMILES string of the molecule is Nc1ccccc1NC(=O)Nc1cc(Br)cc(C(=O)O)c1. The minimum Gasteiger partial charge on any atom is -0.478 e. The van der Waals surface area contributed by atoms with Gasteiger partial charge in [-0.2, -0.15) is 0 Å². The minimum atomic E-state index is -1.08. The van der Waals surface area contributed by atoms with Crippen molar-refractivity contribution in [3.8, 4) is 0 Å². The van der Waals surface area contributed by atoms with Gasteiger partial charge in [0.15, 0.2) is 0 Å². The third-order valence-corrected chi connectivity index (χ3v) is 3.07. The van der Waals surface area contributed by atoms with Gasteiger partial charge in [0.05, 0.1) is 16.9 Å². The van der Waals surface area contributed by atoms with Gasteiger partial charge >= 0.3 is 12.0 Å². The van der Waals surface area contributed by atoms with E-state index in [0.29, 0.717) is 21.5 Å². The number of nitrogen functional groups attached to an aromatic ring is 1. The maximum Gasteiger partial charge on any atom is 0.335 e. The number of benzene rings is 2. The van der Waals surface area contributed by atoms with E-state index in [-0.39, 0.29) is 5.56 Å². The van der Waals surface area contributed by atoms with Crippen molar-refractivity contribution in [2.45, 2.75) is 0 Å². The molecule has 0 heterocycles. The Morgan fingerprint density at radius 2 is 1.81 bits per heavy atom. The van der Waals surface area contributed by atoms with Crippen molar-refractivity contribution in [3.05, 3.63) is 52.5 Å². The summed E-state index contributed by atoms with van der Waals surface area (Å²) in [4.78, 5) is 22.8. The molecular formula is C14H12BrN3O3. The number of carboxylic acids is 1. The second-order valence-corrected chi connectivity index (χ2v) is 5.12. The van der Waals surface area contributed by atoms with E-state index in [1.165, 1.54) is 12.1 Å². The summed E-state index contributed by atoms with van der Waals surface area (Å²) >= 11 is 3.19. The topological polar surface area (TPSA) is 104 Å². The number of amides is 2. The maximum absolute atomic E-state index is 11.9. The molecule has 0 spiro atoms. The van der Waals surface area contributed by atoms with E-state index >= 15 is 0 Å². The Morgan fingerprint density at radius 1 is 1.10 bits per heavy atom. The zero-order valence-corrected chi connectivity index (χ0v) is 12.3. The molecule has 0 radical (unpaired) electrons. The Bertz CT molecular complexity index is 704. The number of carbonyl (C=O) groups is 2. The number of carboxylic acid groups (broad SMARTS) is 1. The number of para-hydroxylation sites is 2. The fourth-order valence-corrected chi connectivity index (χ4v) is 2.17. The summed E-state index contributed by atoms with van der Waals surface area (Å²) in [5, 5.41) is 14.1. The number of rotatable bonds is 3. The predicted octanol–water partition coefficient (Wildman–Crippen LogP) is 3.37. The third-order valence-electron chi connectivity index (χ3n) is 2.61. The minimum absolute atomic E-state index is 0.0684. The third kappa shape index (κ3) is 3.96. The number of nitrogens with one attached hydrogen (secondary N) is 2. The van der Waals surface area contributed by atoms with Crippen molar-refractivity contribution in [2.24, 2.45) is 0 Å². The molecule has 0 saturated heterocycles. The zero-order chi connectivity index (χ0) is 15.4. The number of anilines is 3. The van der Waals surface area contributed by atoms with Gasteiger partial charge in [0, 0.05) is 10.2 Å². The lowest BCUT2D eigenvalue weighted by atomic mass is 10.2. The van der Waals surface area contributed by atoms with Gasteiger partial charge in [-0.05, 0) is 30.3 Å². The molecule has 0 aliphatic carbocycles.